The third-order valence-corrected chi connectivity index (χ3v) is 4.14. The molecule has 0 aliphatic heterocycles. The number of nitrogens with one attached hydrogen (secondary N) is 1. The average molecular weight is 259 g/mol. The van der Waals surface area contributed by atoms with Gasteiger partial charge < -0.3 is 5.32 Å². The smallest absolute Gasteiger partial charge is 0.115 e. The van der Waals surface area contributed by atoms with Gasteiger partial charge in [-0.2, -0.15) is 0 Å². The monoisotopic (exact) mass is 259 g/mol. The summed E-state index contributed by atoms with van der Waals surface area (Å²) < 4.78 is 14.1. The van der Waals surface area contributed by atoms with E-state index in [2.05, 4.69) is 39.9 Å². The highest BCUT2D eigenvalue weighted by Crippen LogP contribution is 2.23. The van der Waals surface area contributed by atoms with Crippen LogP contribution in [0.2, 0.25) is 0 Å². The zero-order valence-electron chi connectivity index (χ0n) is 13.3. The molecule has 2 heteroatoms. The van der Waals surface area contributed by atoms with Crippen molar-refractivity contribution in [2.75, 3.05) is 7.05 Å². The number of hydrogen-bond acceptors (Lipinski definition) is 1. The standard InChI is InChI=1S/C16H34FN/c1-7-14(13(4)5)9-11-16(18-6)15(17)10-8-12(2)3/h12-16,18H,7-11H2,1-6H3/t14?,15-,16?/m1/s1. The fourth-order valence-electron chi connectivity index (χ4n) is 2.60. The zero-order chi connectivity index (χ0) is 14.1. The average Bonchev–Trinajstić information content (AvgIpc) is 2.31. The van der Waals surface area contributed by atoms with Gasteiger partial charge in [-0.15, -0.1) is 0 Å². The molecule has 0 aromatic rings. The zero-order valence-corrected chi connectivity index (χ0v) is 13.3. The molecule has 1 N–H and O–H groups in total. The van der Waals surface area contributed by atoms with Gasteiger partial charge in [0, 0.05) is 6.04 Å². The van der Waals surface area contributed by atoms with Crippen molar-refractivity contribution in [3.8, 4) is 0 Å². The predicted octanol–water partition coefficient (Wildman–Crippen LogP) is 4.81. The van der Waals surface area contributed by atoms with E-state index in [0.717, 1.165) is 25.2 Å². The van der Waals surface area contributed by atoms with Crippen molar-refractivity contribution in [2.45, 2.75) is 78.9 Å². The molecule has 2 unspecified atom stereocenters. The first-order valence-electron chi connectivity index (χ1n) is 7.73. The fourth-order valence-corrected chi connectivity index (χ4v) is 2.60. The number of alkyl halides is 1. The van der Waals surface area contributed by atoms with Gasteiger partial charge in [0.25, 0.3) is 0 Å². The van der Waals surface area contributed by atoms with Crippen LogP contribution in [0.1, 0.15) is 66.7 Å². The van der Waals surface area contributed by atoms with Crippen molar-refractivity contribution in [1.82, 2.24) is 5.32 Å². The van der Waals surface area contributed by atoms with Crippen LogP contribution in [0.3, 0.4) is 0 Å². The van der Waals surface area contributed by atoms with E-state index in [1.165, 1.54) is 6.42 Å². The molecule has 0 aliphatic rings. The maximum absolute atomic E-state index is 14.1. The Morgan fingerprint density at radius 1 is 0.944 bits per heavy atom. The molecule has 0 saturated heterocycles. The van der Waals surface area contributed by atoms with Gasteiger partial charge in [0.15, 0.2) is 0 Å². The summed E-state index contributed by atoms with van der Waals surface area (Å²) in [6.07, 6.45) is 4.30. The van der Waals surface area contributed by atoms with Gasteiger partial charge in [-0.25, -0.2) is 4.39 Å². The summed E-state index contributed by atoms with van der Waals surface area (Å²) in [5.41, 5.74) is 0. The maximum atomic E-state index is 14.1. The summed E-state index contributed by atoms with van der Waals surface area (Å²) in [6, 6.07) is 0.0385. The van der Waals surface area contributed by atoms with E-state index < -0.39 is 6.17 Å². The highest BCUT2D eigenvalue weighted by molar-refractivity contribution is 4.77. The lowest BCUT2D eigenvalue weighted by atomic mass is 9.86. The third kappa shape index (κ3) is 7.35. The van der Waals surface area contributed by atoms with Crippen molar-refractivity contribution < 1.29 is 4.39 Å². The molecule has 0 aromatic carbocycles. The van der Waals surface area contributed by atoms with Crippen molar-refractivity contribution >= 4 is 0 Å². The molecule has 0 aromatic heterocycles. The Hall–Kier alpha value is -0.110. The van der Waals surface area contributed by atoms with Crippen molar-refractivity contribution in [1.29, 1.82) is 0 Å². The first-order valence-corrected chi connectivity index (χ1v) is 7.73. The molecule has 0 rings (SSSR count). The normalized spacial score (nSPS) is 17.2. The fraction of sp³-hybridized carbons (Fsp3) is 1.00. The number of hydrogen-bond donors (Lipinski definition) is 1. The van der Waals surface area contributed by atoms with Gasteiger partial charge in [-0.3, -0.25) is 0 Å². The maximum Gasteiger partial charge on any atom is 0.115 e. The molecular formula is C16H34FN. The first-order chi connectivity index (χ1) is 8.42. The van der Waals surface area contributed by atoms with Crippen molar-refractivity contribution in [2.24, 2.45) is 17.8 Å². The molecule has 0 radical (unpaired) electrons. The molecule has 3 atom stereocenters. The highest BCUT2D eigenvalue weighted by Gasteiger charge is 2.21. The lowest BCUT2D eigenvalue weighted by Gasteiger charge is -2.25. The molecule has 0 heterocycles. The molecule has 0 bridgehead atoms. The minimum atomic E-state index is -0.693. The Morgan fingerprint density at radius 2 is 1.56 bits per heavy atom. The summed E-state index contributed by atoms with van der Waals surface area (Å²) in [6.45, 7) is 11.1. The molecule has 0 saturated carbocycles. The Kier molecular flexibility index (Phi) is 9.71. The summed E-state index contributed by atoms with van der Waals surface area (Å²) in [7, 11) is 1.89. The van der Waals surface area contributed by atoms with Gasteiger partial charge in [0.2, 0.25) is 0 Å². The molecule has 0 aliphatic carbocycles. The second kappa shape index (κ2) is 9.77. The van der Waals surface area contributed by atoms with Crippen LogP contribution in [-0.2, 0) is 0 Å². The minimum Gasteiger partial charge on any atom is -0.314 e. The predicted molar refractivity (Wildman–Crippen MR) is 79.7 cm³/mol. The number of rotatable bonds is 10. The molecular weight excluding hydrogens is 225 g/mol. The Balaban J connectivity index is 4.08. The van der Waals surface area contributed by atoms with E-state index in [9.17, 15) is 4.39 Å². The Bertz CT molecular complexity index is 192. The van der Waals surface area contributed by atoms with Crippen LogP contribution in [0.15, 0.2) is 0 Å². The molecule has 110 valence electrons. The van der Waals surface area contributed by atoms with Crippen LogP contribution >= 0.6 is 0 Å². The topological polar surface area (TPSA) is 12.0 Å². The van der Waals surface area contributed by atoms with Crippen LogP contribution in [-0.4, -0.2) is 19.3 Å². The van der Waals surface area contributed by atoms with E-state index in [0.29, 0.717) is 18.3 Å². The summed E-state index contributed by atoms with van der Waals surface area (Å²) in [5.74, 6) is 2.04. The van der Waals surface area contributed by atoms with Crippen LogP contribution in [0, 0.1) is 17.8 Å². The lowest BCUT2D eigenvalue weighted by Crippen LogP contribution is -2.35. The van der Waals surface area contributed by atoms with E-state index in [1.54, 1.807) is 0 Å². The molecule has 1 nitrogen and oxygen atoms in total. The van der Waals surface area contributed by atoms with Crippen LogP contribution < -0.4 is 5.32 Å². The van der Waals surface area contributed by atoms with E-state index in [-0.39, 0.29) is 6.04 Å². The van der Waals surface area contributed by atoms with Crippen LogP contribution in [0.25, 0.3) is 0 Å². The first kappa shape index (κ1) is 17.9. The van der Waals surface area contributed by atoms with Crippen molar-refractivity contribution in [3.63, 3.8) is 0 Å². The van der Waals surface area contributed by atoms with Gasteiger partial charge in [0.05, 0.1) is 0 Å². The largest absolute Gasteiger partial charge is 0.314 e. The SMILES string of the molecule is CCC(CCC(NC)[C@H](F)CCC(C)C)C(C)C. The minimum absolute atomic E-state index is 0.0385. The molecule has 0 spiro atoms. The molecule has 0 amide bonds. The van der Waals surface area contributed by atoms with Crippen molar-refractivity contribution in [3.05, 3.63) is 0 Å². The third-order valence-electron chi connectivity index (χ3n) is 4.14. The summed E-state index contributed by atoms with van der Waals surface area (Å²) in [4.78, 5) is 0. The second-order valence-corrected chi connectivity index (χ2v) is 6.37. The Morgan fingerprint density at radius 3 is 1.94 bits per heavy atom. The van der Waals surface area contributed by atoms with Crippen LogP contribution in [0.5, 0.6) is 0 Å². The second-order valence-electron chi connectivity index (χ2n) is 6.37. The lowest BCUT2D eigenvalue weighted by molar-refractivity contribution is 0.206. The van der Waals surface area contributed by atoms with E-state index in [4.69, 9.17) is 0 Å². The van der Waals surface area contributed by atoms with Gasteiger partial charge in [-0.05, 0) is 50.5 Å². The summed E-state index contributed by atoms with van der Waals surface area (Å²) in [5, 5.41) is 3.17. The van der Waals surface area contributed by atoms with Crippen LogP contribution in [0.4, 0.5) is 4.39 Å². The molecule has 18 heavy (non-hydrogen) atoms. The Labute approximate surface area is 114 Å². The van der Waals surface area contributed by atoms with Gasteiger partial charge >= 0.3 is 0 Å². The molecule has 0 fully saturated rings. The van der Waals surface area contributed by atoms with Gasteiger partial charge in [-0.1, -0.05) is 41.0 Å². The highest BCUT2D eigenvalue weighted by atomic mass is 19.1. The quantitative estimate of drug-likeness (QED) is 0.593. The number of halogens is 1. The van der Waals surface area contributed by atoms with E-state index >= 15 is 0 Å². The van der Waals surface area contributed by atoms with Gasteiger partial charge in [0.1, 0.15) is 6.17 Å². The van der Waals surface area contributed by atoms with E-state index in [1.807, 2.05) is 7.05 Å². The summed E-state index contributed by atoms with van der Waals surface area (Å²) >= 11 is 0.